The number of fused-ring (bicyclic) bond motifs is 1. The van der Waals surface area contributed by atoms with Crippen LogP contribution in [0.15, 0.2) is 47.4 Å². The highest BCUT2D eigenvalue weighted by Gasteiger charge is 2.36. The predicted molar refractivity (Wildman–Crippen MR) is 107 cm³/mol. The molecule has 0 radical (unpaired) electrons. The summed E-state index contributed by atoms with van der Waals surface area (Å²) in [6.45, 7) is 6.10. The summed E-state index contributed by atoms with van der Waals surface area (Å²) in [5.41, 5.74) is 3.16. The van der Waals surface area contributed by atoms with Crippen LogP contribution in [0.5, 0.6) is 0 Å². The Kier molecular flexibility index (Phi) is 4.89. The molecule has 0 bridgehead atoms. The quantitative estimate of drug-likeness (QED) is 0.794. The van der Waals surface area contributed by atoms with E-state index in [2.05, 4.69) is 0 Å². The zero-order valence-corrected chi connectivity index (χ0v) is 16.9. The van der Waals surface area contributed by atoms with Crippen molar-refractivity contribution in [2.75, 3.05) is 30.6 Å². The lowest BCUT2D eigenvalue weighted by molar-refractivity contribution is 0.0303. The van der Waals surface area contributed by atoms with Gasteiger partial charge in [0, 0.05) is 24.7 Å². The van der Waals surface area contributed by atoms with Gasteiger partial charge in [0.1, 0.15) is 0 Å². The highest BCUT2D eigenvalue weighted by Crippen LogP contribution is 2.37. The van der Waals surface area contributed by atoms with Crippen LogP contribution in [0.25, 0.3) is 0 Å². The Morgan fingerprint density at radius 1 is 1.07 bits per heavy atom. The van der Waals surface area contributed by atoms with E-state index in [1.807, 2.05) is 19.9 Å². The summed E-state index contributed by atoms with van der Waals surface area (Å²) in [7, 11) is -3.65. The van der Waals surface area contributed by atoms with Crippen LogP contribution in [0.4, 0.5) is 5.69 Å². The molecule has 6 nitrogen and oxygen atoms in total. The molecule has 2 aliphatic rings. The van der Waals surface area contributed by atoms with Crippen molar-refractivity contribution in [2.24, 2.45) is 0 Å². The number of sulfonamides is 1. The smallest absolute Gasteiger partial charge is 0.264 e. The molecule has 0 aliphatic carbocycles. The highest BCUT2D eigenvalue weighted by atomic mass is 32.2. The number of ether oxygens (including phenoxy) is 1. The van der Waals surface area contributed by atoms with Crippen molar-refractivity contribution in [3.05, 3.63) is 59.2 Å². The maximum absolute atomic E-state index is 13.2. The van der Waals surface area contributed by atoms with Gasteiger partial charge in [-0.2, -0.15) is 0 Å². The number of aryl methyl sites for hydroxylation is 1. The fraction of sp³-hybridized carbons (Fsp3) is 0.381. The van der Waals surface area contributed by atoms with Crippen molar-refractivity contribution < 1.29 is 17.9 Å². The Bertz CT molecular complexity index is 996. The fourth-order valence-corrected chi connectivity index (χ4v) is 5.57. The number of amides is 1. The molecule has 4 rings (SSSR count). The Labute approximate surface area is 165 Å². The number of nitrogens with zero attached hydrogens (tertiary/aromatic N) is 2. The minimum absolute atomic E-state index is 0.0291. The van der Waals surface area contributed by atoms with Gasteiger partial charge in [0.2, 0.25) is 0 Å². The first kappa shape index (κ1) is 19.0. The fourth-order valence-electron chi connectivity index (χ4n) is 3.87. The van der Waals surface area contributed by atoms with E-state index in [-0.39, 0.29) is 16.8 Å². The first-order valence-electron chi connectivity index (χ1n) is 9.49. The molecule has 0 saturated carbocycles. The monoisotopic (exact) mass is 400 g/mol. The topological polar surface area (TPSA) is 66.9 Å². The summed E-state index contributed by atoms with van der Waals surface area (Å²) in [6, 6.07) is 12.0. The summed E-state index contributed by atoms with van der Waals surface area (Å²) < 4.78 is 33.2. The molecule has 1 atom stereocenters. The zero-order valence-electron chi connectivity index (χ0n) is 16.1. The Morgan fingerprint density at radius 3 is 2.43 bits per heavy atom. The molecule has 0 unspecified atom stereocenters. The van der Waals surface area contributed by atoms with Gasteiger partial charge in [0.25, 0.3) is 15.9 Å². The van der Waals surface area contributed by atoms with Gasteiger partial charge >= 0.3 is 0 Å². The van der Waals surface area contributed by atoms with Gasteiger partial charge in [-0.25, -0.2) is 8.42 Å². The first-order chi connectivity index (χ1) is 13.4. The maximum atomic E-state index is 13.2. The van der Waals surface area contributed by atoms with Crippen LogP contribution in [0.2, 0.25) is 0 Å². The average molecular weight is 401 g/mol. The SMILES string of the molecule is Cc1ccc(S(=O)(=O)N2c3ccc(C(=O)N4CCOCC4)cc3C[C@H]2C)cc1. The molecular weight excluding hydrogens is 376 g/mol. The van der Waals surface area contributed by atoms with E-state index < -0.39 is 10.0 Å². The molecule has 2 aromatic carbocycles. The van der Waals surface area contributed by atoms with E-state index in [4.69, 9.17) is 4.74 Å². The number of hydrogen-bond acceptors (Lipinski definition) is 4. The molecule has 1 amide bonds. The number of carbonyl (C=O) groups excluding carboxylic acids is 1. The number of morpholine rings is 1. The van der Waals surface area contributed by atoms with Crippen molar-refractivity contribution in [1.29, 1.82) is 0 Å². The summed E-state index contributed by atoms with van der Waals surface area (Å²) in [4.78, 5) is 14.8. The molecule has 7 heteroatoms. The Hall–Kier alpha value is -2.38. The molecule has 1 saturated heterocycles. The summed E-state index contributed by atoms with van der Waals surface area (Å²) in [6.07, 6.45) is 0.588. The average Bonchev–Trinajstić information content (AvgIpc) is 3.04. The standard InChI is InChI=1S/C21H24N2O4S/c1-15-3-6-19(7-4-15)28(25,26)23-16(2)13-18-14-17(5-8-20(18)23)21(24)22-9-11-27-12-10-22/h3-8,14,16H,9-13H2,1-2H3/t16-/m1/s1. The molecule has 0 spiro atoms. The molecule has 0 N–H and O–H groups in total. The lowest BCUT2D eigenvalue weighted by Gasteiger charge is -2.27. The molecule has 0 aromatic heterocycles. The van der Waals surface area contributed by atoms with Gasteiger partial charge in [0.15, 0.2) is 0 Å². The van der Waals surface area contributed by atoms with Crippen LogP contribution in [0.3, 0.4) is 0 Å². The van der Waals surface area contributed by atoms with Gasteiger partial charge in [-0.3, -0.25) is 9.10 Å². The lowest BCUT2D eigenvalue weighted by atomic mass is 10.1. The van der Waals surface area contributed by atoms with E-state index in [1.54, 1.807) is 41.3 Å². The van der Waals surface area contributed by atoms with Crippen LogP contribution in [-0.4, -0.2) is 51.6 Å². The van der Waals surface area contributed by atoms with Crippen molar-refractivity contribution in [1.82, 2.24) is 4.90 Å². The lowest BCUT2D eigenvalue weighted by Crippen LogP contribution is -2.40. The number of anilines is 1. The number of hydrogen-bond donors (Lipinski definition) is 0. The van der Waals surface area contributed by atoms with Crippen molar-refractivity contribution in [3.63, 3.8) is 0 Å². The zero-order chi connectivity index (χ0) is 19.9. The molecule has 28 heavy (non-hydrogen) atoms. The van der Waals surface area contributed by atoms with Gasteiger partial charge in [-0.1, -0.05) is 17.7 Å². The second kappa shape index (κ2) is 7.22. The minimum Gasteiger partial charge on any atom is -0.378 e. The number of rotatable bonds is 3. The van der Waals surface area contributed by atoms with Crippen molar-refractivity contribution >= 4 is 21.6 Å². The summed E-state index contributed by atoms with van der Waals surface area (Å²) >= 11 is 0. The minimum atomic E-state index is -3.65. The van der Waals surface area contributed by atoms with E-state index in [9.17, 15) is 13.2 Å². The molecule has 1 fully saturated rings. The van der Waals surface area contributed by atoms with E-state index in [0.717, 1.165) is 11.1 Å². The first-order valence-corrected chi connectivity index (χ1v) is 10.9. The van der Waals surface area contributed by atoms with Crippen LogP contribution < -0.4 is 4.31 Å². The summed E-state index contributed by atoms with van der Waals surface area (Å²) in [5.74, 6) is -0.0291. The number of carbonyl (C=O) groups is 1. The van der Waals surface area contributed by atoms with Crippen molar-refractivity contribution in [3.8, 4) is 0 Å². The maximum Gasteiger partial charge on any atom is 0.264 e. The predicted octanol–water partition coefficient (Wildman–Crippen LogP) is 2.61. The van der Waals surface area contributed by atoms with Crippen LogP contribution in [0, 0.1) is 6.92 Å². The second-order valence-electron chi connectivity index (χ2n) is 7.42. The normalized spacial score (nSPS) is 19.6. The Morgan fingerprint density at radius 2 is 1.75 bits per heavy atom. The molecular formula is C21H24N2O4S. The van der Waals surface area contributed by atoms with Gasteiger partial charge < -0.3 is 9.64 Å². The third-order valence-corrected chi connectivity index (χ3v) is 7.30. The van der Waals surface area contributed by atoms with Crippen LogP contribution in [0.1, 0.15) is 28.4 Å². The Balaban J connectivity index is 1.66. The van der Waals surface area contributed by atoms with Gasteiger partial charge in [-0.15, -0.1) is 0 Å². The number of benzene rings is 2. The largest absolute Gasteiger partial charge is 0.378 e. The molecule has 2 aromatic rings. The van der Waals surface area contributed by atoms with Crippen LogP contribution in [-0.2, 0) is 21.2 Å². The van der Waals surface area contributed by atoms with Gasteiger partial charge in [0.05, 0.1) is 23.8 Å². The molecule has 2 heterocycles. The summed E-state index contributed by atoms with van der Waals surface area (Å²) in [5, 5.41) is 0. The second-order valence-corrected chi connectivity index (χ2v) is 9.23. The van der Waals surface area contributed by atoms with Gasteiger partial charge in [-0.05, 0) is 56.2 Å². The highest BCUT2D eigenvalue weighted by molar-refractivity contribution is 7.92. The third kappa shape index (κ3) is 3.29. The van der Waals surface area contributed by atoms with E-state index in [1.165, 1.54) is 4.31 Å². The van der Waals surface area contributed by atoms with Crippen molar-refractivity contribution in [2.45, 2.75) is 31.2 Å². The van der Waals surface area contributed by atoms with E-state index in [0.29, 0.717) is 44.0 Å². The molecule has 148 valence electrons. The van der Waals surface area contributed by atoms with E-state index >= 15 is 0 Å². The third-order valence-electron chi connectivity index (χ3n) is 5.36. The molecule has 2 aliphatic heterocycles. The van der Waals surface area contributed by atoms with Crippen LogP contribution >= 0.6 is 0 Å².